The molecule has 3 rings (SSSR count). The van der Waals surface area contributed by atoms with Crippen molar-refractivity contribution in [1.82, 2.24) is 25.4 Å². The Balaban J connectivity index is 1.53. The minimum absolute atomic E-state index is 0.449. The fourth-order valence-corrected chi connectivity index (χ4v) is 3.62. The highest BCUT2D eigenvalue weighted by atomic mass is 32.1. The molecule has 0 aliphatic carbocycles. The summed E-state index contributed by atoms with van der Waals surface area (Å²) >= 11 is 1.79. The standard InChI is InChI=1S/C20H26N6S/c1-14(18-6-5-9-27-18)11-23-20(21-4)24-13-17-7-8-19(22-12-17)26-16(3)10-15(2)25-26/h5-10,12,14H,11,13H2,1-4H3,(H2,21,23,24). The smallest absolute Gasteiger partial charge is 0.191 e. The zero-order chi connectivity index (χ0) is 19.2. The van der Waals surface area contributed by atoms with Crippen molar-refractivity contribution in [2.24, 2.45) is 4.99 Å². The number of rotatable bonds is 6. The molecule has 1 atom stereocenters. The molecular weight excluding hydrogens is 356 g/mol. The lowest BCUT2D eigenvalue weighted by atomic mass is 10.1. The van der Waals surface area contributed by atoms with Gasteiger partial charge in [-0.25, -0.2) is 9.67 Å². The fraction of sp³-hybridized carbons (Fsp3) is 0.350. The zero-order valence-electron chi connectivity index (χ0n) is 16.2. The van der Waals surface area contributed by atoms with Gasteiger partial charge in [0, 0.05) is 42.8 Å². The molecule has 3 aromatic heterocycles. The van der Waals surface area contributed by atoms with E-state index < -0.39 is 0 Å². The van der Waals surface area contributed by atoms with Crippen LogP contribution < -0.4 is 10.6 Å². The predicted molar refractivity (Wildman–Crippen MR) is 112 cm³/mol. The second-order valence-corrected chi connectivity index (χ2v) is 7.57. The molecule has 0 spiro atoms. The summed E-state index contributed by atoms with van der Waals surface area (Å²) in [5.41, 5.74) is 3.16. The van der Waals surface area contributed by atoms with Crippen molar-refractivity contribution in [3.8, 4) is 5.82 Å². The van der Waals surface area contributed by atoms with Crippen LogP contribution in [0.15, 0.2) is 46.9 Å². The van der Waals surface area contributed by atoms with Crippen molar-refractivity contribution in [1.29, 1.82) is 0 Å². The highest BCUT2D eigenvalue weighted by Crippen LogP contribution is 2.19. The molecule has 0 saturated carbocycles. The maximum absolute atomic E-state index is 4.54. The molecule has 0 aliphatic rings. The Morgan fingerprint density at radius 1 is 1.26 bits per heavy atom. The lowest BCUT2D eigenvalue weighted by Crippen LogP contribution is -2.38. The van der Waals surface area contributed by atoms with Crippen molar-refractivity contribution < 1.29 is 0 Å². The van der Waals surface area contributed by atoms with E-state index in [1.165, 1.54) is 4.88 Å². The van der Waals surface area contributed by atoms with Crippen LogP contribution in [0.25, 0.3) is 5.82 Å². The van der Waals surface area contributed by atoms with Crippen LogP contribution in [0.5, 0.6) is 0 Å². The number of aromatic nitrogens is 3. The molecule has 6 nitrogen and oxygen atoms in total. The second-order valence-electron chi connectivity index (χ2n) is 6.59. The van der Waals surface area contributed by atoms with E-state index in [1.807, 2.05) is 36.9 Å². The summed E-state index contributed by atoms with van der Waals surface area (Å²) in [4.78, 5) is 10.2. The number of aliphatic imine (C=N–C) groups is 1. The Labute approximate surface area is 164 Å². The molecule has 27 heavy (non-hydrogen) atoms. The van der Waals surface area contributed by atoms with Crippen LogP contribution in [-0.4, -0.2) is 34.3 Å². The summed E-state index contributed by atoms with van der Waals surface area (Å²) in [6.07, 6.45) is 1.88. The van der Waals surface area contributed by atoms with Crippen molar-refractivity contribution in [3.63, 3.8) is 0 Å². The van der Waals surface area contributed by atoms with Crippen molar-refractivity contribution >= 4 is 17.3 Å². The van der Waals surface area contributed by atoms with Crippen LogP contribution in [0.2, 0.25) is 0 Å². The van der Waals surface area contributed by atoms with Crippen molar-refractivity contribution in [3.05, 3.63) is 63.7 Å². The molecule has 0 bridgehead atoms. The first-order valence-corrected chi connectivity index (χ1v) is 9.91. The van der Waals surface area contributed by atoms with Gasteiger partial charge in [-0.05, 0) is 43.0 Å². The van der Waals surface area contributed by atoms with Crippen LogP contribution >= 0.6 is 11.3 Å². The molecule has 0 amide bonds. The van der Waals surface area contributed by atoms with Crippen LogP contribution in [0, 0.1) is 13.8 Å². The van der Waals surface area contributed by atoms with E-state index in [0.717, 1.165) is 35.3 Å². The topological polar surface area (TPSA) is 67.1 Å². The van der Waals surface area contributed by atoms with E-state index in [4.69, 9.17) is 0 Å². The zero-order valence-corrected chi connectivity index (χ0v) is 17.0. The van der Waals surface area contributed by atoms with Gasteiger partial charge in [-0.1, -0.05) is 19.1 Å². The van der Waals surface area contributed by atoms with Crippen molar-refractivity contribution in [2.75, 3.05) is 13.6 Å². The minimum Gasteiger partial charge on any atom is -0.356 e. The summed E-state index contributed by atoms with van der Waals surface area (Å²) in [7, 11) is 1.79. The Hall–Kier alpha value is -2.67. The fourth-order valence-electron chi connectivity index (χ4n) is 2.84. The Morgan fingerprint density at radius 3 is 2.70 bits per heavy atom. The molecule has 2 N–H and O–H groups in total. The minimum atomic E-state index is 0.449. The van der Waals surface area contributed by atoms with Gasteiger partial charge < -0.3 is 10.6 Å². The molecule has 142 valence electrons. The van der Waals surface area contributed by atoms with E-state index in [0.29, 0.717) is 12.5 Å². The Morgan fingerprint density at radius 2 is 2.11 bits per heavy atom. The van der Waals surface area contributed by atoms with Gasteiger partial charge in [0.1, 0.15) is 0 Å². The molecule has 3 heterocycles. The molecule has 0 aromatic carbocycles. The maximum atomic E-state index is 4.54. The molecule has 7 heteroatoms. The first-order valence-electron chi connectivity index (χ1n) is 9.03. The number of pyridine rings is 1. The monoisotopic (exact) mass is 382 g/mol. The van der Waals surface area contributed by atoms with Crippen LogP contribution in [0.1, 0.15) is 34.7 Å². The summed E-state index contributed by atoms with van der Waals surface area (Å²) in [5, 5.41) is 13.3. The van der Waals surface area contributed by atoms with Gasteiger partial charge in [0.25, 0.3) is 0 Å². The van der Waals surface area contributed by atoms with Gasteiger partial charge in [-0.2, -0.15) is 5.10 Å². The summed E-state index contributed by atoms with van der Waals surface area (Å²) in [5.74, 6) is 2.07. The van der Waals surface area contributed by atoms with Gasteiger partial charge in [0.15, 0.2) is 11.8 Å². The maximum Gasteiger partial charge on any atom is 0.191 e. The van der Waals surface area contributed by atoms with E-state index >= 15 is 0 Å². The third-order valence-electron chi connectivity index (χ3n) is 4.32. The van der Waals surface area contributed by atoms with E-state index in [2.05, 4.69) is 56.2 Å². The van der Waals surface area contributed by atoms with E-state index in [9.17, 15) is 0 Å². The molecule has 3 aromatic rings. The number of hydrogen-bond donors (Lipinski definition) is 2. The van der Waals surface area contributed by atoms with E-state index in [1.54, 1.807) is 18.4 Å². The highest BCUT2D eigenvalue weighted by Gasteiger charge is 2.08. The first kappa shape index (κ1) is 19.1. The number of thiophene rings is 1. The number of guanidine groups is 1. The van der Waals surface area contributed by atoms with Gasteiger partial charge >= 0.3 is 0 Å². The number of hydrogen-bond acceptors (Lipinski definition) is 4. The SMILES string of the molecule is CN=C(NCc1ccc(-n2nc(C)cc2C)nc1)NCC(C)c1cccs1. The van der Waals surface area contributed by atoms with Gasteiger partial charge in [0.2, 0.25) is 0 Å². The highest BCUT2D eigenvalue weighted by molar-refractivity contribution is 7.10. The average Bonchev–Trinajstić information content (AvgIpc) is 3.32. The summed E-state index contributed by atoms with van der Waals surface area (Å²) in [6, 6.07) is 10.4. The molecule has 0 fully saturated rings. The lowest BCUT2D eigenvalue weighted by molar-refractivity contribution is 0.707. The molecular formula is C20H26N6S. The summed E-state index contributed by atoms with van der Waals surface area (Å²) in [6.45, 7) is 7.74. The molecule has 1 unspecified atom stereocenters. The Bertz CT molecular complexity index is 880. The average molecular weight is 383 g/mol. The Kier molecular flexibility index (Phi) is 6.24. The predicted octanol–water partition coefficient (Wildman–Crippen LogP) is 3.41. The quantitative estimate of drug-likeness (QED) is 0.506. The van der Waals surface area contributed by atoms with Gasteiger partial charge in [-0.15, -0.1) is 11.3 Å². The van der Waals surface area contributed by atoms with Crippen LogP contribution in [-0.2, 0) is 6.54 Å². The van der Waals surface area contributed by atoms with Gasteiger partial charge in [0.05, 0.1) is 5.69 Å². The van der Waals surface area contributed by atoms with Crippen LogP contribution in [0.4, 0.5) is 0 Å². The number of nitrogens with one attached hydrogen (secondary N) is 2. The third-order valence-corrected chi connectivity index (χ3v) is 5.43. The number of nitrogens with zero attached hydrogens (tertiary/aromatic N) is 4. The largest absolute Gasteiger partial charge is 0.356 e. The summed E-state index contributed by atoms with van der Waals surface area (Å²) < 4.78 is 1.86. The first-order chi connectivity index (χ1) is 13.1. The normalized spacial score (nSPS) is 12.8. The van der Waals surface area contributed by atoms with Crippen LogP contribution in [0.3, 0.4) is 0 Å². The molecule has 0 aliphatic heterocycles. The third kappa shape index (κ3) is 4.95. The van der Waals surface area contributed by atoms with Gasteiger partial charge in [-0.3, -0.25) is 4.99 Å². The molecule has 0 radical (unpaired) electrons. The number of aryl methyl sites for hydroxylation is 2. The second kappa shape index (κ2) is 8.81. The molecule has 0 saturated heterocycles. The van der Waals surface area contributed by atoms with E-state index in [-0.39, 0.29) is 0 Å². The lowest BCUT2D eigenvalue weighted by Gasteiger charge is -2.15. The van der Waals surface area contributed by atoms with Crippen molar-refractivity contribution in [2.45, 2.75) is 33.2 Å².